The summed E-state index contributed by atoms with van der Waals surface area (Å²) in [6, 6.07) is 0. The van der Waals surface area contributed by atoms with Gasteiger partial charge in [-0.2, -0.15) is 0 Å². The third-order valence-corrected chi connectivity index (χ3v) is 6.79. The van der Waals surface area contributed by atoms with Crippen molar-refractivity contribution in [2.75, 3.05) is 19.7 Å². The van der Waals surface area contributed by atoms with Gasteiger partial charge in [0.2, 0.25) is 0 Å². The van der Waals surface area contributed by atoms with E-state index in [4.69, 9.17) is 4.74 Å². The molecule has 4 aliphatic rings. The number of carbonyl (C=O) groups is 2. The van der Waals surface area contributed by atoms with Crippen LogP contribution >= 0.6 is 15.9 Å². The minimum absolute atomic E-state index is 0.0865. The zero-order valence-electron chi connectivity index (χ0n) is 13.6. The maximum atomic E-state index is 12.7. The molecule has 0 aromatic heterocycles. The van der Waals surface area contributed by atoms with E-state index in [1.807, 2.05) is 13.8 Å². The average molecular weight is 372 g/mol. The number of rotatable bonds is 5. The quantitative estimate of drug-likeness (QED) is 0.550. The molecule has 4 saturated carbocycles. The first-order chi connectivity index (χ1) is 10.4. The summed E-state index contributed by atoms with van der Waals surface area (Å²) < 4.78 is 5.61. The number of hydrogen-bond donors (Lipinski definition) is 0. The predicted octanol–water partition coefficient (Wildman–Crippen LogP) is 3.13. The summed E-state index contributed by atoms with van der Waals surface area (Å²) in [6.45, 7) is 5.10. The fourth-order valence-electron chi connectivity index (χ4n) is 5.34. The van der Waals surface area contributed by atoms with Crippen molar-refractivity contribution in [1.82, 2.24) is 4.90 Å². The summed E-state index contributed by atoms with van der Waals surface area (Å²) in [7, 11) is 0. The highest BCUT2D eigenvalue weighted by molar-refractivity contribution is 9.10. The summed E-state index contributed by atoms with van der Waals surface area (Å²) in [5.74, 6) is 1.07. The van der Waals surface area contributed by atoms with Gasteiger partial charge >= 0.3 is 5.97 Å². The van der Waals surface area contributed by atoms with Crippen molar-refractivity contribution in [3.05, 3.63) is 0 Å². The van der Waals surface area contributed by atoms with E-state index in [-0.39, 0.29) is 28.2 Å². The van der Waals surface area contributed by atoms with Crippen molar-refractivity contribution < 1.29 is 14.3 Å². The minimum Gasteiger partial charge on any atom is -0.455 e. The molecule has 0 aromatic carbocycles. The van der Waals surface area contributed by atoms with Crippen LogP contribution in [0.15, 0.2) is 0 Å². The molecule has 2 atom stereocenters. The van der Waals surface area contributed by atoms with Crippen LogP contribution in [-0.4, -0.2) is 40.8 Å². The van der Waals surface area contributed by atoms with Crippen molar-refractivity contribution in [2.45, 2.75) is 56.7 Å². The molecular weight excluding hydrogens is 346 g/mol. The lowest BCUT2D eigenvalue weighted by Crippen LogP contribution is -2.56. The van der Waals surface area contributed by atoms with E-state index < -0.39 is 0 Å². The van der Waals surface area contributed by atoms with Gasteiger partial charge in [-0.15, -0.1) is 0 Å². The lowest BCUT2D eigenvalue weighted by atomic mass is 9.49. The number of hydrogen-bond acceptors (Lipinski definition) is 3. The molecule has 0 heterocycles. The zero-order chi connectivity index (χ0) is 16.0. The second kappa shape index (κ2) is 5.81. The van der Waals surface area contributed by atoms with Crippen molar-refractivity contribution in [3.8, 4) is 0 Å². The van der Waals surface area contributed by atoms with Crippen LogP contribution in [0.25, 0.3) is 0 Å². The molecule has 5 heteroatoms. The van der Waals surface area contributed by atoms with Gasteiger partial charge in [0.25, 0.3) is 5.91 Å². The van der Waals surface area contributed by atoms with Gasteiger partial charge in [-0.05, 0) is 64.2 Å². The van der Waals surface area contributed by atoms with Crippen LogP contribution in [-0.2, 0) is 14.3 Å². The summed E-state index contributed by atoms with van der Waals surface area (Å²) in [5, 5.41) is 0. The Morgan fingerprint density at radius 3 is 2.23 bits per heavy atom. The molecule has 0 aromatic rings. The molecule has 0 aliphatic heterocycles. The van der Waals surface area contributed by atoms with Gasteiger partial charge in [0.05, 0.1) is 5.41 Å². The van der Waals surface area contributed by atoms with Gasteiger partial charge in [-0.3, -0.25) is 9.59 Å². The summed E-state index contributed by atoms with van der Waals surface area (Å²) in [5.41, 5.74) is -0.336. The summed E-state index contributed by atoms with van der Waals surface area (Å²) in [6.07, 6.45) is 6.43. The fraction of sp³-hybridized carbons (Fsp3) is 0.882. The molecule has 1 amide bonds. The SMILES string of the molecule is CCN(CC)C(=O)COC(=O)C12CC3CC(CC(Br)(C3)C1)C2. The van der Waals surface area contributed by atoms with Gasteiger partial charge < -0.3 is 9.64 Å². The van der Waals surface area contributed by atoms with Gasteiger partial charge in [-0.1, -0.05) is 15.9 Å². The van der Waals surface area contributed by atoms with E-state index in [1.54, 1.807) is 4.90 Å². The molecular formula is C17H26BrNO3. The molecule has 0 saturated heterocycles. The second-order valence-corrected chi connectivity index (χ2v) is 9.22. The molecule has 2 unspecified atom stereocenters. The molecule has 4 bridgehead atoms. The van der Waals surface area contributed by atoms with E-state index in [0.29, 0.717) is 24.9 Å². The van der Waals surface area contributed by atoms with Gasteiger partial charge in [0, 0.05) is 17.4 Å². The maximum absolute atomic E-state index is 12.7. The first-order valence-corrected chi connectivity index (χ1v) is 9.33. The third-order valence-electron chi connectivity index (χ3n) is 5.87. The topological polar surface area (TPSA) is 46.6 Å². The Balaban J connectivity index is 1.64. The smallest absolute Gasteiger partial charge is 0.312 e. The number of ether oxygens (including phenoxy) is 1. The monoisotopic (exact) mass is 371 g/mol. The van der Waals surface area contributed by atoms with Gasteiger partial charge in [0.1, 0.15) is 0 Å². The first kappa shape index (κ1) is 16.3. The van der Waals surface area contributed by atoms with Crippen LogP contribution in [0.1, 0.15) is 52.4 Å². The van der Waals surface area contributed by atoms with Crippen LogP contribution in [0.2, 0.25) is 0 Å². The maximum Gasteiger partial charge on any atom is 0.312 e. The molecule has 0 radical (unpaired) electrons. The highest BCUT2D eigenvalue weighted by Crippen LogP contribution is 2.64. The number of likely N-dealkylation sites (N-methyl/N-ethyl adjacent to an activating group) is 1. The molecule has 124 valence electrons. The van der Waals surface area contributed by atoms with E-state index in [9.17, 15) is 9.59 Å². The molecule has 0 spiro atoms. The zero-order valence-corrected chi connectivity index (χ0v) is 15.2. The van der Waals surface area contributed by atoms with Crippen LogP contribution < -0.4 is 0 Å². The number of amides is 1. The molecule has 4 aliphatic carbocycles. The Labute approximate surface area is 141 Å². The third kappa shape index (κ3) is 2.81. The molecule has 0 N–H and O–H groups in total. The Morgan fingerprint density at radius 2 is 1.73 bits per heavy atom. The van der Waals surface area contributed by atoms with Crippen molar-refractivity contribution in [3.63, 3.8) is 0 Å². The molecule has 4 fully saturated rings. The summed E-state index contributed by atoms with van der Waals surface area (Å²) in [4.78, 5) is 26.5. The van der Waals surface area contributed by atoms with Crippen molar-refractivity contribution >= 4 is 27.8 Å². The molecule has 4 nitrogen and oxygen atoms in total. The van der Waals surface area contributed by atoms with Gasteiger partial charge in [0.15, 0.2) is 6.61 Å². The fourth-order valence-corrected chi connectivity index (χ4v) is 6.79. The first-order valence-electron chi connectivity index (χ1n) is 8.53. The number of halogens is 1. The predicted molar refractivity (Wildman–Crippen MR) is 87.7 cm³/mol. The summed E-state index contributed by atoms with van der Waals surface area (Å²) >= 11 is 3.90. The van der Waals surface area contributed by atoms with Crippen LogP contribution in [0.3, 0.4) is 0 Å². The second-order valence-electron chi connectivity index (χ2n) is 7.53. The van der Waals surface area contributed by atoms with E-state index in [1.165, 1.54) is 19.3 Å². The normalized spacial score (nSPS) is 38.9. The van der Waals surface area contributed by atoms with Crippen LogP contribution in [0.4, 0.5) is 0 Å². The van der Waals surface area contributed by atoms with Crippen molar-refractivity contribution in [1.29, 1.82) is 0 Å². The Kier molecular flexibility index (Phi) is 4.30. The highest BCUT2D eigenvalue weighted by Gasteiger charge is 2.60. The van der Waals surface area contributed by atoms with Gasteiger partial charge in [-0.25, -0.2) is 0 Å². The van der Waals surface area contributed by atoms with E-state index in [2.05, 4.69) is 15.9 Å². The minimum atomic E-state index is -0.336. The average Bonchev–Trinajstić information content (AvgIpc) is 2.43. The van der Waals surface area contributed by atoms with Crippen LogP contribution in [0, 0.1) is 17.3 Å². The molecule has 4 rings (SSSR count). The Hall–Kier alpha value is -0.580. The Morgan fingerprint density at radius 1 is 1.14 bits per heavy atom. The van der Waals surface area contributed by atoms with E-state index >= 15 is 0 Å². The van der Waals surface area contributed by atoms with Crippen LogP contribution in [0.5, 0.6) is 0 Å². The number of carbonyl (C=O) groups excluding carboxylic acids is 2. The van der Waals surface area contributed by atoms with Crippen molar-refractivity contribution in [2.24, 2.45) is 17.3 Å². The standard InChI is InChI=1S/C17H26BrNO3/c1-3-19(4-2)14(20)10-22-15(21)16-6-12-5-13(7-16)9-17(18,8-12)11-16/h12-13H,3-11H2,1-2H3. The highest BCUT2D eigenvalue weighted by atomic mass is 79.9. The lowest BCUT2D eigenvalue weighted by Gasteiger charge is -2.58. The number of nitrogens with zero attached hydrogens (tertiary/aromatic N) is 1. The molecule has 22 heavy (non-hydrogen) atoms. The van der Waals surface area contributed by atoms with E-state index in [0.717, 1.165) is 19.3 Å². The lowest BCUT2D eigenvalue weighted by molar-refractivity contribution is -0.172. The Bertz CT molecular complexity index is 461. The largest absolute Gasteiger partial charge is 0.455 e. The number of alkyl halides is 1. The number of esters is 1.